The molecule has 1 amide bonds. The van der Waals surface area contributed by atoms with Crippen LogP contribution in [0.25, 0.3) is 0 Å². The molecule has 2 aromatic rings. The van der Waals surface area contributed by atoms with Crippen molar-refractivity contribution in [3.63, 3.8) is 0 Å². The maximum absolute atomic E-state index is 12.9. The second kappa shape index (κ2) is 9.13. The molecule has 0 aromatic heterocycles. The Morgan fingerprint density at radius 1 is 1.13 bits per heavy atom. The summed E-state index contributed by atoms with van der Waals surface area (Å²) in [5.74, 6) is -2.90. The van der Waals surface area contributed by atoms with E-state index < -0.39 is 21.9 Å². The molecular formula is C20H21ClN2O7S. The highest BCUT2D eigenvalue weighted by Crippen LogP contribution is 2.38. The molecule has 0 bridgehead atoms. The van der Waals surface area contributed by atoms with E-state index in [4.69, 9.17) is 21.4 Å². The number of ether oxygens (including phenoxy) is 1. The average Bonchev–Trinajstić information content (AvgIpc) is 2.72. The number of carboxylic acids is 1. The van der Waals surface area contributed by atoms with Crippen LogP contribution in [0.3, 0.4) is 0 Å². The first-order valence-corrected chi connectivity index (χ1v) is 11.3. The van der Waals surface area contributed by atoms with Gasteiger partial charge in [0.05, 0.1) is 5.02 Å². The van der Waals surface area contributed by atoms with Crippen LogP contribution in [0.4, 0.5) is 5.69 Å². The van der Waals surface area contributed by atoms with Gasteiger partial charge in [-0.2, -0.15) is 4.31 Å². The van der Waals surface area contributed by atoms with Crippen molar-refractivity contribution < 1.29 is 33.0 Å². The fraction of sp³-hybridized carbons (Fsp3) is 0.300. The Bertz CT molecular complexity index is 1110. The monoisotopic (exact) mass is 468 g/mol. The molecule has 0 unspecified atom stereocenters. The minimum absolute atomic E-state index is 0.0780. The lowest BCUT2D eigenvalue weighted by Gasteiger charge is -2.26. The van der Waals surface area contributed by atoms with E-state index in [1.54, 1.807) is 6.92 Å². The first-order chi connectivity index (χ1) is 14.6. The fourth-order valence-corrected chi connectivity index (χ4v) is 5.16. The van der Waals surface area contributed by atoms with Crippen LogP contribution >= 0.6 is 11.6 Å². The minimum atomic E-state index is -3.89. The number of amides is 1. The van der Waals surface area contributed by atoms with Gasteiger partial charge in [0.15, 0.2) is 0 Å². The summed E-state index contributed by atoms with van der Waals surface area (Å²) in [5, 5.41) is 21.1. The van der Waals surface area contributed by atoms with Gasteiger partial charge in [-0.3, -0.25) is 4.79 Å². The second-order valence-electron chi connectivity index (χ2n) is 7.06. The minimum Gasteiger partial charge on any atom is -0.507 e. The zero-order valence-corrected chi connectivity index (χ0v) is 18.2. The van der Waals surface area contributed by atoms with E-state index in [0.29, 0.717) is 18.7 Å². The summed E-state index contributed by atoms with van der Waals surface area (Å²) in [6.45, 7) is 2.41. The molecule has 0 spiro atoms. The van der Waals surface area contributed by atoms with E-state index in [0.717, 1.165) is 19.3 Å². The maximum Gasteiger partial charge on any atom is 0.394 e. The number of carbonyl (C=O) groups is 2. The molecule has 11 heteroatoms. The zero-order valence-electron chi connectivity index (χ0n) is 16.6. The number of sulfonamides is 1. The average molecular weight is 469 g/mol. The van der Waals surface area contributed by atoms with Gasteiger partial charge in [0.1, 0.15) is 22.1 Å². The van der Waals surface area contributed by atoms with E-state index in [2.05, 4.69) is 5.32 Å². The van der Waals surface area contributed by atoms with Crippen LogP contribution in [-0.4, -0.2) is 47.9 Å². The van der Waals surface area contributed by atoms with Crippen molar-refractivity contribution in [3.05, 3.63) is 40.9 Å². The number of aromatic hydroxyl groups is 1. The Labute approximate surface area is 184 Å². The number of benzene rings is 2. The van der Waals surface area contributed by atoms with Gasteiger partial charge in [-0.05, 0) is 49.6 Å². The number of hydrogen-bond donors (Lipinski definition) is 3. The second-order valence-corrected chi connectivity index (χ2v) is 9.37. The molecule has 1 fully saturated rings. The molecule has 0 radical (unpaired) electrons. The van der Waals surface area contributed by atoms with Crippen molar-refractivity contribution in [2.75, 3.05) is 18.4 Å². The Kier molecular flexibility index (Phi) is 6.73. The zero-order chi connectivity index (χ0) is 22.8. The van der Waals surface area contributed by atoms with Gasteiger partial charge < -0.3 is 20.3 Å². The lowest BCUT2D eigenvalue weighted by Crippen LogP contribution is -2.35. The van der Waals surface area contributed by atoms with Crippen LogP contribution < -0.4 is 10.1 Å². The number of phenolic OH excluding ortho intramolecular Hbond substituents is 1. The largest absolute Gasteiger partial charge is 0.507 e. The third kappa shape index (κ3) is 5.09. The molecule has 1 aliphatic rings. The molecule has 9 nitrogen and oxygen atoms in total. The van der Waals surface area contributed by atoms with Gasteiger partial charge in [-0.15, -0.1) is 0 Å². The third-order valence-corrected chi connectivity index (χ3v) is 6.97. The van der Waals surface area contributed by atoms with Crippen molar-refractivity contribution in [1.29, 1.82) is 0 Å². The highest BCUT2D eigenvalue weighted by atomic mass is 35.5. The van der Waals surface area contributed by atoms with Crippen molar-refractivity contribution >= 4 is 39.2 Å². The van der Waals surface area contributed by atoms with Gasteiger partial charge in [0.25, 0.3) is 0 Å². The molecule has 3 rings (SSSR count). The molecule has 0 atom stereocenters. The SMILES string of the molecule is Cc1cc(NC(=O)C(=O)O)cc(Cl)c1Oc1ccc(O)c(S(=O)(=O)N2CCCCC2)c1. The highest BCUT2D eigenvalue weighted by molar-refractivity contribution is 7.89. The van der Waals surface area contributed by atoms with E-state index in [-0.39, 0.29) is 32.9 Å². The van der Waals surface area contributed by atoms with E-state index in [1.807, 2.05) is 0 Å². The summed E-state index contributed by atoms with van der Waals surface area (Å²) in [7, 11) is -3.89. The number of carboxylic acid groups (broad SMARTS) is 1. The molecule has 0 aliphatic carbocycles. The highest BCUT2D eigenvalue weighted by Gasteiger charge is 2.29. The molecule has 0 saturated carbocycles. The number of aryl methyl sites for hydroxylation is 1. The van der Waals surface area contributed by atoms with Crippen LogP contribution in [0.5, 0.6) is 17.2 Å². The number of aliphatic carboxylic acids is 1. The van der Waals surface area contributed by atoms with E-state index in [9.17, 15) is 23.1 Å². The lowest BCUT2D eigenvalue weighted by atomic mass is 10.2. The number of anilines is 1. The number of rotatable bonds is 5. The summed E-state index contributed by atoms with van der Waals surface area (Å²) in [6.07, 6.45) is 2.48. The van der Waals surface area contributed by atoms with Crippen LogP contribution in [0.1, 0.15) is 24.8 Å². The number of piperidine rings is 1. The number of carbonyl (C=O) groups excluding carboxylic acids is 1. The van der Waals surface area contributed by atoms with Crippen molar-refractivity contribution in [2.45, 2.75) is 31.1 Å². The molecule has 31 heavy (non-hydrogen) atoms. The molecule has 3 N–H and O–H groups in total. The number of phenols is 1. The van der Waals surface area contributed by atoms with Crippen molar-refractivity contribution in [1.82, 2.24) is 4.31 Å². The van der Waals surface area contributed by atoms with Gasteiger partial charge in [-0.25, -0.2) is 13.2 Å². The van der Waals surface area contributed by atoms with Crippen LogP contribution in [0.15, 0.2) is 35.2 Å². The van der Waals surface area contributed by atoms with Gasteiger partial charge >= 0.3 is 11.9 Å². The summed E-state index contributed by atoms with van der Waals surface area (Å²) in [6, 6.07) is 6.65. The van der Waals surface area contributed by atoms with Gasteiger partial charge in [0.2, 0.25) is 10.0 Å². The summed E-state index contributed by atoms with van der Waals surface area (Å²) >= 11 is 6.23. The Morgan fingerprint density at radius 2 is 1.81 bits per heavy atom. The van der Waals surface area contributed by atoms with E-state index in [1.165, 1.54) is 34.6 Å². The first-order valence-electron chi connectivity index (χ1n) is 9.45. The Morgan fingerprint density at radius 3 is 2.42 bits per heavy atom. The molecule has 166 valence electrons. The number of halogens is 1. The fourth-order valence-electron chi connectivity index (χ4n) is 3.24. The molecule has 1 saturated heterocycles. The first kappa shape index (κ1) is 22.9. The van der Waals surface area contributed by atoms with Crippen LogP contribution in [-0.2, 0) is 19.6 Å². The topological polar surface area (TPSA) is 133 Å². The van der Waals surface area contributed by atoms with Crippen molar-refractivity contribution in [2.24, 2.45) is 0 Å². The van der Waals surface area contributed by atoms with Gasteiger partial charge in [0, 0.05) is 24.8 Å². The van der Waals surface area contributed by atoms with Crippen molar-refractivity contribution in [3.8, 4) is 17.2 Å². The van der Waals surface area contributed by atoms with Gasteiger partial charge in [-0.1, -0.05) is 18.0 Å². The number of nitrogens with one attached hydrogen (secondary N) is 1. The predicted octanol–water partition coefficient (Wildman–Crippen LogP) is 3.34. The normalized spacial score (nSPS) is 14.8. The quantitative estimate of drug-likeness (QED) is 0.573. The van der Waals surface area contributed by atoms with E-state index >= 15 is 0 Å². The summed E-state index contributed by atoms with van der Waals surface area (Å²) < 4.78 is 33.0. The summed E-state index contributed by atoms with van der Waals surface area (Å²) in [4.78, 5) is 21.8. The third-order valence-electron chi connectivity index (χ3n) is 4.77. The summed E-state index contributed by atoms with van der Waals surface area (Å²) in [5.41, 5.74) is 0.642. The Hall–Kier alpha value is -2.82. The molecule has 1 aliphatic heterocycles. The standard InChI is InChI=1S/C20H21ClN2O7S/c1-12-9-13(22-19(25)20(26)27)10-15(21)18(12)30-14-5-6-16(24)17(11-14)31(28,29)23-7-3-2-4-8-23/h5-6,9-11,24H,2-4,7-8H2,1H3,(H,22,25)(H,26,27). The predicted molar refractivity (Wildman–Crippen MR) is 113 cm³/mol. The molecule has 1 heterocycles. The molecule has 2 aromatic carbocycles. The van der Waals surface area contributed by atoms with Crippen LogP contribution in [0, 0.1) is 6.92 Å². The number of nitrogens with zero attached hydrogens (tertiary/aromatic N) is 1. The van der Waals surface area contributed by atoms with Crippen LogP contribution in [0.2, 0.25) is 5.02 Å². The maximum atomic E-state index is 12.9. The number of hydrogen-bond acceptors (Lipinski definition) is 6. The smallest absolute Gasteiger partial charge is 0.394 e. The lowest BCUT2D eigenvalue weighted by molar-refractivity contribution is -0.147. The molecular weight excluding hydrogens is 448 g/mol. The Balaban J connectivity index is 1.89.